The molecule has 2 amide bonds. The van der Waals surface area contributed by atoms with Crippen LogP contribution in [-0.4, -0.2) is 62.6 Å². The van der Waals surface area contributed by atoms with Gasteiger partial charge >= 0.3 is 12.2 Å². The number of nitrogens with zero attached hydrogens (tertiary/aromatic N) is 2. The summed E-state index contributed by atoms with van der Waals surface area (Å²) in [5, 5.41) is 5.43. The van der Waals surface area contributed by atoms with E-state index in [1.54, 1.807) is 24.3 Å². The Balaban J connectivity index is 2.20. The molecule has 0 atom stereocenters. The second kappa shape index (κ2) is 22.6. The van der Waals surface area contributed by atoms with Gasteiger partial charge in [-0.15, -0.1) is 0 Å². The van der Waals surface area contributed by atoms with Crippen LogP contribution >= 0.6 is 0 Å². The first kappa shape index (κ1) is 33.7. The third-order valence-corrected chi connectivity index (χ3v) is 6.47. The predicted molar refractivity (Wildman–Crippen MR) is 158 cm³/mol. The van der Waals surface area contributed by atoms with Crippen LogP contribution in [0.3, 0.4) is 0 Å². The Labute approximate surface area is 231 Å². The summed E-state index contributed by atoms with van der Waals surface area (Å²) in [5.41, 5.74) is 1.08. The van der Waals surface area contributed by atoms with Crippen LogP contribution in [-0.2, 0) is 9.47 Å². The van der Waals surface area contributed by atoms with Gasteiger partial charge in [-0.25, -0.2) is 9.59 Å². The van der Waals surface area contributed by atoms with E-state index >= 15 is 0 Å². The SMILES string of the molecule is CCCCCCCCCN(C)COC(=O)Nc1cccc(NC(=O)OCN(C)CCCCCCCCC)c1. The largest absolute Gasteiger partial charge is 0.433 e. The van der Waals surface area contributed by atoms with E-state index in [0.717, 1.165) is 25.9 Å². The molecule has 0 aromatic heterocycles. The quantitative estimate of drug-likeness (QED) is 0.116. The summed E-state index contributed by atoms with van der Waals surface area (Å²) in [5.74, 6) is 0. The van der Waals surface area contributed by atoms with Gasteiger partial charge in [-0.1, -0.05) is 97.0 Å². The average molecular weight is 535 g/mol. The first-order valence-corrected chi connectivity index (χ1v) is 14.8. The Hall–Kier alpha value is -2.32. The normalized spacial score (nSPS) is 11.1. The average Bonchev–Trinajstić information content (AvgIpc) is 2.90. The summed E-state index contributed by atoms with van der Waals surface area (Å²) in [6.45, 7) is 6.73. The van der Waals surface area contributed by atoms with Crippen molar-refractivity contribution < 1.29 is 19.1 Å². The van der Waals surface area contributed by atoms with Crippen LogP contribution in [0.1, 0.15) is 104 Å². The molecule has 218 valence electrons. The number of benzene rings is 1. The Kier molecular flexibility index (Phi) is 20.1. The van der Waals surface area contributed by atoms with Gasteiger partial charge in [0.05, 0.1) is 0 Å². The molecule has 0 fully saturated rings. The van der Waals surface area contributed by atoms with Gasteiger partial charge in [-0.2, -0.15) is 0 Å². The van der Waals surface area contributed by atoms with Crippen LogP contribution in [0.15, 0.2) is 24.3 Å². The lowest BCUT2D eigenvalue weighted by atomic mass is 10.1. The van der Waals surface area contributed by atoms with E-state index in [2.05, 4.69) is 24.5 Å². The molecule has 1 rings (SSSR count). The van der Waals surface area contributed by atoms with Gasteiger partial charge < -0.3 is 9.47 Å². The zero-order chi connectivity index (χ0) is 27.8. The molecule has 0 saturated heterocycles. The fourth-order valence-electron chi connectivity index (χ4n) is 4.13. The summed E-state index contributed by atoms with van der Waals surface area (Å²) >= 11 is 0. The molecule has 8 nitrogen and oxygen atoms in total. The number of unbranched alkanes of at least 4 members (excludes halogenated alkanes) is 12. The van der Waals surface area contributed by atoms with Gasteiger partial charge in [0, 0.05) is 24.5 Å². The molecule has 2 N–H and O–H groups in total. The van der Waals surface area contributed by atoms with Crippen LogP contribution in [0, 0.1) is 0 Å². The lowest BCUT2D eigenvalue weighted by molar-refractivity contribution is 0.0919. The number of carbonyl (C=O) groups is 2. The fraction of sp³-hybridized carbons (Fsp3) is 0.733. The Morgan fingerprint density at radius 2 is 1.00 bits per heavy atom. The van der Waals surface area contributed by atoms with Gasteiger partial charge in [0.2, 0.25) is 0 Å². The maximum absolute atomic E-state index is 12.2. The molecule has 0 heterocycles. The van der Waals surface area contributed by atoms with Gasteiger partial charge in [0.25, 0.3) is 0 Å². The third-order valence-electron chi connectivity index (χ3n) is 6.47. The van der Waals surface area contributed by atoms with Crippen molar-refractivity contribution in [1.29, 1.82) is 0 Å². The summed E-state index contributed by atoms with van der Waals surface area (Å²) in [7, 11) is 3.90. The van der Waals surface area contributed by atoms with E-state index in [4.69, 9.17) is 9.47 Å². The van der Waals surface area contributed by atoms with Crippen molar-refractivity contribution in [2.24, 2.45) is 0 Å². The minimum absolute atomic E-state index is 0.234. The second-order valence-corrected chi connectivity index (χ2v) is 10.4. The molecule has 38 heavy (non-hydrogen) atoms. The third kappa shape index (κ3) is 18.9. The van der Waals surface area contributed by atoms with E-state index in [9.17, 15) is 9.59 Å². The lowest BCUT2D eigenvalue weighted by Gasteiger charge is -2.17. The van der Waals surface area contributed by atoms with Crippen LogP contribution < -0.4 is 10.6 Å². The molecule has 0 aliphatic heterocycles. The van der Waals surface area contributed by atoms with Gasteiger partial charge in [0.1, 0.15) is 13.5 Å². The molecule has 1 aromatic carbocycles. The Bertz CT molecular complexity index is 689. The molecular formula is C30H54N4O4. The summed E-state index contributed by atoms with van der Waals surface area (Å²) in [6, 6.07) is 6.92. The number of hydrogen-bond donors (Lipinski definition) is 2. The molecule has 0 aliphatic rings. The summed E-state index contributed by atoms with van der Waals surface area (Å²) in [4.78, 5) is 28.4. The maximum atomic E-state index is 12.2. The van der Waals surface area contributed by atoms with Gasteiger partial charge in [0.15, 0.2) is 0 Å². The van der Waals surface area contributed by atoms with Crippen LogP contribution in [0.4, 0.5) is 21.0 Å². The van der Waals surface area contributed by atoms with Crippen LogP contribution in [0.5, 0.6) is 0 Å². The van der Waals surface area contributed by atoms with E-state index < -0.39 is 12.2 Å². The highest BCUT2D eigenvalue weighted by molar-refractivity contribution is 5.88. The van der Waals surface area contributed by atoms with E-state index in [1.807, 2.05) is 23.9 Å². The van der Waals surface area contributed by atoms with Crippen molar-refractivity contribution in [3.05, 3.63) is 24.3 Å². The number of carbonyl (C=O) groups excluding carboxylic acids is 2. The first-order valence-electron chi connectivity index (χ1n) is 14.8. The van der Waals surface area contributed by atoms with Crippen molar-refractivity contribution in [2.45, 2.75) is 104 Å². The molecule has 0 bridgehead atoms. The highest BCUT2D eigenvalue weighted by atomic mass is 16.6. The van der Waals surface area contributed by atoms with Crippen molar-refractivity contribution >= 4 is 23.6 Å². The van der Waals surface area contributed by atoms with Crippen molar-refractivity contribution in [1.82, 2.24) is 9.80 Å². The minimum Gasteiger partial charge on any atom is -0.433 e. The first-order chi connectivity index (χ1) is 18.4. The number of amides is 2. The minimum atomic E-state index is -0.525. The van der Waals surface area contributed by atoms with Crippen molar-refractivity contribution in [2.75, 3.05) is 51.3 Å². The fourth-order valence-corrected chi connectivity index (χ4v) is 4.13. The highest BCUT2D eigenvalue weighted by Gasteiger charge is 2.09. The predicted octanol–water partition coefficient (Wildman–Crippen LogP) is 8.06. The number of nitrogens with one attached hydrogen (secondary N) is 2. The molecule has 0 spiro atoms. The lowest BCUT2D eigenvalue weighted by Crippen LogP contribution is -2.27. The molecule has 0 unspecified atom stereocenters. The standard InChI is InChI=1S/C30H54N4O4/c1-5-7-9-11-13-15-17-22-33(3)25-37-29(35)31-27-20-19-21-28(24-27)32-30(36)38-26-34(4)23-18-16-14-12-10-8-6-2/h19-21,24H,5-18,22-23,25-26H2,1-4H3,(H,31,35)(H,32,36). The van der Waals surface area contributed by atoms with Crippen molar-refractivity contribution in [3.8, 4) is 0 Å². The molecule has 1 aromatic rings. The van der Waals surface area contributed by atoms with Gasteiger partial charge in [-0.3, -0.25) is 20.4 Å². The zero-order valence-electron chi connectivity index (χ0n) is 24.6. The van der Waals surface area contributed by atoms with E-state index in [0.29, 0.717) is 11.4 Å². The molecule has 0 saturated carbocycles. The Morgan fingerprint density at radius 3 is 1.39 bits per heavy atom. The van der Waals surface area contributed by atoms with Gasteiger partial charge in [-0.05, 0) is 45.1 Å². The summed E-state index contributed by atoms with van der Waals surface area (Å²) < 4.78 is 10.7. The number of ether oxygens (including phenoxy) is 2. The molecule has 0 aliphatic carbocycles. The smallest absolute Gasteiger partial charge is 0.412 e. The number of rotatable bonds is 22. The van der Waals surface area contributed by atoms with E-state index in [1.165, 1.54) is 77.0 Å². The maximum Gasteiger partial charge on any atom is 0.412 e. The monoisotopic (exact) mass is 534 g/mol. The van der Waals surface area contributed by atoms with E-state index in [-0.39, 0.29) is 13.5 Å². The van der Waals surface area contributed by atoms with Crippen LogP contribution in [0.25, 0.3) is 0 Å². The molecular weight excluding hydrogens is 480 g/mol. The topological polar surface area (TPSA) is 83.1 Å². The Morgan fingerprint density at radius 1 is 0.632 bits per heavy atom. The summed E-state index contributed by atoms with van der Waals surface area (Å²) in [6.07, 6.45) is 16.5. The van der Waals surface area contributed by atoms with Crippen LogP contribution in [0.2, 0.25) is 0 Å². The highest BCUT2D eigenvalue weighted by Crippen LogP contribution is 2.16. The number of anilines is 2. The molecule has 8 heteroatoms. The second-order valence-electron chi connectivity index (χ2n) is 10.4. The molecule has 0 radical (unpaired) electrons. The van der Waals surface area contributed by atoms with Crippen molar-refractivity contribution in [3.63, 3.8) is 0 Å². The zero-order valence-corrected chi connectivity index (χ0v) is 24.6. The number of hydrogen-bond acceptors (Lipinski definition) is 6.